The van der Waals surface area contributed by atoms with E-state index in [2.05, 4.69) is 10.00 Å². The minimum atomic E-state index is -0.911. The van der Waals surface area contributed by atoms with E-state index in [4.69, 9.17) is 14.7 Å². The van der Waals surface area contributed by atoms with Gasteiger partial charge >= 0.3 is 6.01 Å². The maximum absolute atomic E-state index is 15.2. The van der Waals surface area contributed by atoms with Gasteiger partial charge in [0.15, 0.2) is 5.69 Å². The quantitative estimate of drug-likeness (QED) is 0.283. The standard InChI is InChI=1S/C38H42F2N8O4/c1-2-27-28(40)8-7-23-15-26(49)17-31(32(23)27)47-21-30-33(36(47)51)34(42-37(41-30)52-22-38-9-5-13-46(38)19-24(39)18-38)45-12-6-14-48-25(20-45)16-29(43-48)35(50)44-10-3-4-11-44/h7-8,15-17,24,49H,2-6,9-14,18-22H2,1H3/t24-,38+/m1/s1. The van der Waals surface area contributed by atoms with E-state index in [-0.39, 0.29) is 42.5 Å². The number of likely N-dealkylation sites (tertiary alicyclic amines) is 1. The Balaban J connectivity index is 1.10. The van der Waals surface area contributed by atoms with Crippen molar-refractivity contribution >= 4 is 34.1 Å². The zero-order chi connectivity index (χ0) is 35.7. The highest BCUT2D eigenvalue weighted by atomic mass is 19.1. The second-order valence-corrected chi connectivity index (χ2v) is 14.9. The maximum atomic E-state index is 15.2. The fraction of sp³-hybridized carbons (Fsp3) is 0.500. The number of ether oxygens (including phenoxy) is 1. The lowest BCUT2D eigenvalue weighted by molar-refractivity contribution is 0.0785. The number of fused-ring (bicyclic) bond motifs is 4. The van der Waals surface area contributed by atoms with Crippen molar-refractivity contribution in [2.45, 2.75) is 83.2 Å². The van der Waals surface area contributed by atoms with E-state index in [0.29, 0.717) is 90.2 Å². The van der Waals surface area contributed by atoms with Crippen LogP contribution in [0, 0.1) is 5.82 Å². The zero-order valence-corrected chi connectivity index (χ0v) is 29.3. The summed E-state index contributed by atoms with van der Waals surface area (Å²) in [6.07, 6.45) is 4.33. The molecule has 0 unspecified atom stereocenters. The van der Waals surface area contributed by atoms with E-state index in [1.54, 1.807) is 12.1 Å². The average molecular weight is 713 g/mol. The summed E-state index contributed by atoms with van der Waals surface area (Å²) in [6, 6.07) is 8.01. The number of halogens is 2. The van der Waals surface area contributed by atoms with Crippen LogP contribution in [0.1, 0.15) is 83.2 Å². The number of benzene rings is 2. The lowest BCUT2D eigenvalue weighted by Crippen LogP contribution is -2.43. The highest BCUT2D eigenvalue weighted by molar-refractivity contribution is 6.16. The summed E-state index contributed by atoms with van der Waals surface area (Å²) >= 11 is 0. The van der Waals surface area contributed by atoms with Gasteiger partial charge in [0.1, 0.15) is 35.7 Å². The maximum Gasteiger partial charge on any atom is 0.318 e. The first-order valence-corrected chi connectivity index (χ1v) is 18.5. The normalized spacial score (nSPS) is 23.0. The summed E-state index contributed by atoms with van der Waals surface area (Å²) < 4.78 is 38.0. The van der Waals surface area contributed by atoms with Crippen molar-refractivity contribution in [3.05, 3.63) is 64.4 Å². The third-order valence-electron chi connectivity index (χ3n) is 11.6. The number of phenolic OH excluding ortho intramolecular Hbond substituents is 1. The monoisotopic (exact) mass is 712 g/mol. The Hall–Kier alpha value is -4.85. The number of rotatable bonds is 7. The fourth-order valence-corrected chi connectivity index (χ4v) is 9.16. The molecule has 2 amide bonds. The van der Waals surface area contributed by atoms with Crippen molar-refractivity contribution < 1.29 is 28.2 Å². The van der Waals surface area contributed by atoms with Crippen LogP contribution in [0.5, 0.6) is 11.8 Å². The molecular formula is C38H42F2N8O4. The number of hydrogen-bond donors (Lipinski definition) is 1. The number of carbonyl (C=O) groups excluding carboxylic acids is 2. The number of aromatic hydroxyl groups is 1. The van der Waals surface area contributed by atoms with Crippen LogP contribution in [0.15, 0.2) is 30.3 Å². The van der Waals surface area contributed by atoms with Crippen molar-refractivity contribution in [1.82, 2.24) is 29.5 Å². The molecule has 2 aromatic heterocycles. The van der Waals surface area contributed by atoms with Crippen molar-refractivity contribution in [2.24, 2.45) is 0 Å². The number of anilines is 2. The first-order chi connectivity index (χ1) is 25.2. The number of aromatic nitrogens is 4. The molecule has 7 heterocycles. The number of phenols is 1. The molecular weight excluding hydrogens is 670 g/mol. The van der Waals surface area contributed by atoms with Gasteiger partial charge in [0, 0.05) is 50.6 Å². The lowest BCUT2D eigenvalue weighted by atomic mass is 9.95. The van der Waals surface area contributed by atoms with E-state index in [1.165, 1.54) is 17.0 Å². The molecule has 0 saturated carbocycles. The van der Waals surface area contributed by atoms with Crippen LogP contribution in [-0.2, 0) is 26.1 Å². The Morgan fingerprint density at radius 1 is 1.04 bits per heavy atom. The largest absolute Gasteiger partial charge is 0.508 e. The summed E-state index contributed by atoms with van der Waals surface area (Å²) in [5.41, 5.74) is 2.43. The smallest absolute Gasteiger partial charge is 0.318 e. The number of aryl methyl sites for hydroxylation is 2. The molecule has 2 aromatic carbocycles. The van der Waals surface area contributed by atoms with E-state index < -0.39 is 11.7 Å². The molecule has 5 aliphatic rings. The number of hydrogen-bond acceptors (Lipinski definition) is 9. The fourth-order valence-electron chi connectivity index (χ4n) is 9.16. The van der Waals surface area contributed by atoms with Crippen molar-refractivity contribution in [3.63, 3.8) is 0 Å². The van der Waals surface area contributed by atoms with Gasteiger partial charge in [-0.3, -0.25) is 19.2 Å². The molecule has 1 N–H and O–H groups in total. The molecule has 2 atom stereocenters. The van der Waals surface area contributed by atoms with E-state index >= 15 is 4.39 Å². The van der Waals surface area contributed by atoms with Crippen LogP contribution < -0.4 is 14.5 Å². The Bertz CT molecular complexity index is 2100. The number of alkyl halides is 1. The Morgan fingerprint density at radius 2 is 1.88 bits per heavy atom. The summed E-state index contributed by atoms with van der Waals surface area (Å²) in [5.74, 6) is -0.462. The summed E-state index contributed by atoms with van der Waals surface area (Å²) in [7, 11) is 0. The van der Waals surface area contributed by atoms with E-state index in [1.807, 2.05) is 27.5 Å². The van der Waals surface area contributed by atoms with Crippen molar-refractivity contribution in [3.8, 4) is 11.8 Å². The number of nitrogens with zero attached hydrogens (tertiary/aromatic N) is 8. The summed E-state index contributed by atoms with van der Waals surface area (Å²) in [4.78, 5) is 45.1. The second-order valence-electron chi connectivity index (χ2n) is 14.9. The highest BCUT2D eigenvalue weighted by Crippen LogP contribution is 2.43. The Labute approximate surface area is 300 Å². The van der Waals surface area contributed by atoms with Gasteiger partial charge in [-0.15, -0.1) is 0 Å². The van der Waals surface area contributed by atoms with Crippen LogP contribution in [0.4, 0.5) is 20.3 Å². The highest BCUT2D eigenvalue weighted by Gasteiger charge is 2.49. The molecule has 14 heteroatoms. The van der Waals surface area contributed by atoms with Crippen LogP contribution in [0.3, 0.4) is 0 Å². The zero-order valence-electron chi connectivity index (χ0n) is 29.3. The molecule has 0 radical (unpaired) electrons. The van der Waals surface area contributed by atoms with Gasteiger partial charge in [-0.2, -0.15) is 15.1 Å². The molecule has 272 valence electrons. The van der Waals surface area contributed by atoms with Gasteiger partial charge in [-0.25, -0.2) is 8.78 Å². The third kappa shape index (κ3) is 5.44. The molecule has 12 nitrogen and oxygen atoms in total. The van der Waals surface area contributed by atoms with Gasteiger partial charge in [-0.1, -0.05) is 13.0 Å². The molecule has 3 saturated heterocycles. The molecule has 0 bridgehead atoms. The van der Waals surface area contributed by atoms with Crippen LogP contribution >= 0.6 is 0 Å². The second kappa shape index (κ2) is 12.7. The van der Waals surface area contributed by atoms with Gasteiger partial charge in [-0.05, 0) is 74.2 Å². The van der Waals surface area contributed by atoms with Gasteiger partial charge in [0.2, 0.25) is 0 Å². The third-order valence-corrected chi connectivity index (χ3v) is 11.6. The minimum Gasteiger partial charge on any atom is -0.508 e. The molecule has 9 rings (SSSR count). The molecule has 52 heavy (non-hydrogen) atoms. The predicted molar refractivity (Wildman–Crippen MR) is 189 cm³/mol. The Morgan fingerprint density at radius 3 is 2.71 bits per heavy atom. The molecule has 5 aliphatic heterocycles. The summed E-state index contributed by atoms with van der Waals surface area (Å²) in [6.45, 7) is 6.32. The van der Waals surface area contributed by atoms with E-state index in [9.17, 15) is 19.1 Å². The van der Waals surface area contributed by atoms with Crippen molar-refractivity contribution in [1.29, 1.82) is 0 Å². The van der Waals surface area contributed by atoms with Gasteiger partial charge in [0.25, 0.3) is 11.8 Å². The molecule has 3 fully saturated rings. The minimum absolute atomic E-state index is 0.0431. The number of amides is 2. The molecule has 0 spiro atoms. The lowest BCUT2D eigenvalue weighted by Gasteiger charge is -2.31. The first kappa shape index (κ1) is 33.0. The van der Waals surface area contributed by atoms with Gasteiger partial charge < -0.3 is 24.5 Å². The predicted octanol–water partition coefficient (Wildman–Crippen LogP) is 5.00. The van der Waals surface area contributed by atoms with Crippen LogP contribution in [0.25, 0.3) is 10.8 Å². The first-order valence-electron chi connectivity index (χ1n) is 18.5. The topological polar surface area (TPSA) is 120 Å². The summed E-state index contributed by atoms with van der Waals surface area (Å²) in [5, 5.41) is 16.6. The van der Waals surface area contributed by atoms with Gasteiger partial charge in [0.05, 0.1) is 35.7 Å². The van der Waals surface area contributed by atoms with E-state index in [0.717, 1.165) is 51.0 Å². The molecule has 0 aliphatic carbocycles. The Kier molecular flexibility index (Phi) is 8.05. The van der Waals surface area contributed by atoms with Crippen LogP contribution in [-0.4, -0.2) is 97.5 Å². The van der Waals surface area contributed by atoms with Crippen LogP contribution in [0.2, 0.25) is 0 Å². The number of carbonyl (C=O) groups is 2. The van der Waals surface area contributed by atoms with Crippen molar-refractivity contribution in [2.75, 3.05) is 49.1 Å². The SMILES string of the molecule is CCc1c(F)ccc2cc(O)cc(N3Cc4nc(OC[C@@]56CCCN5C[C@H](F)C6)nc(N5CCCn6nc(C(=O)N7CCCC7)cc6C5)c4C3=O)c12. The molecule has 4 aromatic rings. The average Bonchev–Trinajstić information content (AvgIpc) is 3.96.